The number of nitrogens with one attached hydrogen (secondary N) is 1. The molecule has 1 saturated heterocycles. The van der Waals surface area contributed by atoms with Gasteiger partial charge in [0.25, 0.3) is 0 Å². The van der Waals surface area contributed by atoms with Crippen LogP contribution in [0, 0.1) is 12.3 Å². The molecule has 1 aliphatic rings. The first-order chi connectivity index (χ1) is 7.24. The van der Waals surface area contributed by atoms with Gasteiger partial charge in [0.05, 0.1) is 6.54 Å². The lowest BCUT2D eigenvalue weighted by Gasteiger charge is -2.36. The van der Waals surface area contributed by atoms with Gasteiger partial charge < -0.3 is 5.32 Å². The van der Waals surface area contributed by atoms with Crippen LogP contribution in [-0.2, 0) is 0 Å². The highest BCUT2D eigenvalue weighted by Gasteiger charge is 2.17. The lowest BCUT2D eigenvalue weighted by Crippen LogP contribution is -2.50. The molecule has 0 aromatic rings. The van der Waals surface area contributed by atoms with Gasteiger partial charge >= 0.3 is 0 Å². The molecule has 0 spiro atoms. The summed E-state index contributed by atoms with van der Waals surface area (Å²) in [5.41, 5.74) is 0. The van der Waals surface area contributed by atoms with Crippen LogP contribution in [-0.4, -0.2) is 61.7 Å². The van der Waals surface area contributed by atoms with Crippen molar-refractivity contribution in [3.63, 3.8) is 0 Å². The molecule has 0 saturated carbocycles. The lowest BCUT2D eigenvalue weighted by atomic mass is 10.2. The van der Waals surface area contributed by atoms with Crippen molar-refractivity contribution in [2.24, 2.45) is 0 Å². The Balaban J connectivity index is 2.07. The predicted molar refractivity (Wildman–Crippen MR) is 64.9 cm³/mol. The summed E-state index contributed by atoms with van der Waals surface area (Å²) in [5.74, 6) is 2.59. The molecule has 0 bridgehead atoms. The zero-order chi connectivity index (χ0) is 11.1. The Labute approximate surface area is 93.8 Å². The first-order valence-electron chi connectivity index (χ1n) is 5.84. The summed E-state index contributed by atoms with van der Waals surface area (Å²) in [7, 11) is 0. The molecule has 1 heterocycles. The van der Waals surface area contributed by atoms with Crippen LogP contribution in [0.4, 0.5) is 0 Å². The monoisotopic (exact) mass is 209 g/mol. The molecule has 0 aliphatic carbocycles. The number of nitrogens with zero attached hydrogens (tertiary/aromatic N) is 2. The van der Waals surface area contributed by atoms with Crippen molar-refractivity contribution in [2.75, 3.05) is 45.8 Å². The van der Waals surface area contributed by atoms with E-state index in [1.165, 1.54) is 26.2 Å². The zero-order valence-electron chi connectivity index (χ0n) is 10.00. The molecule has 15 heavy (non-hydrogen) atoms. The summed E-state index contributed by atoms with van der Waals surface area (Å²) in [6.07, 6.45) is 5.17. The molecular weight excluding hydrogens is 186 g/mol. The van der Waals surface area contributed by atoms with Gasteiger partial charge in [-0.25, -0.2) is 0 Å². The van der Waals surface area contributed by atoms with Crippen molar-refractivity contribution < 1.29 is 0 Å². The van der Waals surface area contributed by atoms with E-state index < -0.39 is 0 Å². The average Bonchev–Trinajstić information content (AvgIpc) is 2.25. The van der Waals surface area contributed by atoms with Gasteiger partial charge in [0, 0.05) is 45.3 Å². The van der Waals surface area contributed by atoms with E-state index in [1.807, 2.05) is 0 Å². The van der Waals surface area contributed by atoms with Gasteiger partial charge in [-0.3, -0.25) is 9.80 Å². The third kappa shape index (κ3) is 4.65. The lowest BCUT2D eigenvalue weighted by molar-refractivity contribution is 0.109. The molecule has 86 valence electrons. The van der Waals surface area contributed by atoms with Crippen molar-refractivity contribution in [3.05, 3.63) is 0 Å². The third-order valence-corrected chi connectivity index (χ3v) is 2.97. The van der Waals surface area contributed by atoms with E-state index in [0.29, 0.717) is 12.6 Å². The van der Waals surface area contributed by atoms with E-state index >= 15 is 0 Å². The fourth-order valence-corrected chi connectivity index (χ4v) is 1.90. The van der Waals surface area contributed by atoms with Crippen molar-refractivity contribution in [2.45, 2.75) is 19.9 Å². The van der Waals surface area contributed by atoms with Crippen molar-refractivity contribution in [1.29, 1.82) is 0 Å². The molecule has 0 aromatic carbocycles. The molecule has 1 aliphatic heterocycles. The molecule has 1 fully saturated rings. The van der Waals surface area contributed by atoms with Crippen LogP contribution in [0.3, 0.4) is 0 Å². The quantitative estimate of drug-likeness (QED) is 0.517. The van der Waals surface area contributed by atoms with Crippen molar-refractivity contribution in [3.8, 4) is 12.3 Å². The zero-order valence-corrected chi connectivity index (χ0v) is 10.00. The molecule has 0 atom stereocenters. The minimum atomic E-state index is 0.686. The van der Waals surface area contributed by atoms with Crippen LogP contribution in [0.2, 0.25) is 0 Å². The topological polar surface area (TPSA) is 18.5 Å². The molecule has 0 amide bonds. The van der Waals surface area contributed by atoms with Crippen molar-refractivity contribution in [1.82, 2.24) is 15.1 Å². The highest BCUT2D eigenvalue weighted by atomic mass is 15.3. The molecular formula is C12H23N3. The molecule has 3 nitrogen and oxygen atoms in total. The second kappa shape index (κ2) is 6.84. The van der Waals surface area contributed by atoms with Gasteiger partial charge in [-0.2, -0.15) is 0 Å². The Morgan fingerprint density at radius 1 is 1.27 bits per heavy atom. The highest BCUT2D eigenvalue weighted by molar-refractivity contribution is 4.86. The number of piperazine rings is 1. The summed E-state index contributed by atoms with van der Waals surface area (Å²) < 4.78 is 0. The second-order valence-electron chi connectivity index (χ2n) is 4.35. The van der Waals surface area contributed by atoms with Gasteiger partial charge in [0.15, 0.2) is 0 Å². The highest BCUT2D eigenvalue weighted by Crippen LogP contribution is 2.04. The van der Waals surface area contributed by atoms with E-state index in [-0.39, 0.29) is 0 Å². The fraction of sp³-hybridized carbons (Fsp3) is 0.833. The standard InChI is InChI=1S/C12H23N3/c1-4-5-13-6-7-14-8-10-15(11-9-14)12(2)3/h1,12-13H,5-11H2,2-3H3. The van der Waals surface area contributed by atoms with Crippen LogP contribution >= 0.6 is 0 Å². The SMILES string of the molecule is C#CCNCCN1CCN(C(C)C)CC1. The molecule has 1 N–H and O–H groups in total. The summed E-state index contributed by atoms with van der Waals surface area (Å²) in [4.78, 5) is 5.04. The number of rotatable bonds is 5. The van der Waals surface area contributed by atoms with E-state index in [2.05, 4.69) is 34.9 Å². The van der Waals surface area contributed by atoms with Gasteiger partial charge in [-0.15, -0.1) is 6.42 Å². The Kier molecular flexibility index (Phi) is 5.70. The first kappa shape index (κ1) is 12.5. The van der Waals surface area contributed by atoms with Crippen LogP contribution in [0.5, 0.6) is 0 Å². The summed E-state index contributed by atoms with van der Waals surface area (Å²) in [5, 5.41) is 3.22. The number of hydrogen-bond acceptors (Lipinski definition) is 3. The Bertz CT molecular complexity index is 199. The maximum atomic E-state index is 5.17. The molecule has 3 heteroatoms. The fourth-order valence-electron chi connectivity index (χ4n) is 1.90. The average molecular weight is 209 g/mol. The molecule has 0 unspecified atom stereocenters. The van der Waals surface area contributed by atoms with Crippen LogP contribution in [0.25, 0.3) is 0 Å². The smallest absolute Gasteiger partial charge is 0.0574 e. The van der Waals surface area contributed by atoms with Gasteiger partial charge in [0.2, 0.25) is 0 Å². The normalized spacial score (nSPS) is 19.3. The number of terminal acetylenes is 1. The van der Waals surface area contributed by atoms with Gasteiger partial charge in [-0.05, 0) is 13.8 Å². The first-order valence-corrected chi connectivity index (χ1v) is 5.84. The second-order valence-corrected chi connectivity index (χ2v) is 4.35. The summed E-state index contributed by atoms with van der Waals surface area (Å²) >= 11 is 0. The minimum absolute atomic E-state index is 0.686. The third-order valence-electron chi connectivity index (χ3n) is 2.97. The molecule has 0 radical (unpaired) electrons. The van der Waals surface area contributed by atoms with Crippen LogP contribution in [0.15, 0.2) is 0 Å². The minimum Gasteiger partial charge on any atom is -0.305 e. The van der Waals surface area contributed by atoms with Crippen LogP contribution in [0.1, 0.15) is 13.8 Å². The maximum Gasteiger partial charge on any atom is 0.0574 e. The largest absolute Gasteiger partial charge is 0.305 e. The van der Waals surface area contributed by atoms with Gasteiger partial charge in [0.1, 0.15) is 0 Å². The number of hydrogen-bond donors (Lipinski definition) is 1. The molecule has 0 aromatic heterocycles. The van der Waals surface area contributed by atoms with Gasteiger partial charge in [-0.1, -0.05) is 5.92 Å². The van der Waals surface area contributed by atoms with E-state index in [4.69, 9.17) is 6.42 Å². The Morgan fingerprint density at radius 2 is 1.93 bits per heavy atom. The Morgan fingerprint density at radius 3 is 2.47 bits per heavy atom. The van der Waals surface area contributed by atoms with E-state index in [0.717, 1.165) is 13.1 Å². The van der Waals surface area contributed by atoms with E-state index in [9.17, 15) is 0 Å². The summed E-state index contributed by atoms with van der Waals surface area (Å²) in [6, 6.07) is 0.687. The summed E-state index contributed by atoms with van der Waals surface area (Å²) in [6.45, 7) is 12.1. The Hall–Kier alpha value is -0.560. The van der Waals surface area contributed by atoms with E-state index in [1.54, 1.807) is 0 Å². The molecule has 1 rings (SSSR count). The van der Waals surface area contributed by atoms with Crippen LogP contribution < -0.4 is 5.32 Å². The van der Waals surface area contributed by atoms with Crippen molar-refractivity contribution >= 4 is 0 Å². The predicted octanol–water partition coefficient (Wildman–Crippen LogP) is 0.235. The maximum absolute atomic E-state index is 5.17.